The zero-order valence-corrected chi connectivity index (χ0v) is 15.4. The molecule has 0 aromatic heterocycles. The van der Waals surface area contributed by atoms with Gasteiger partial charge in [-0.05, 0) is 42.8 Å². The van der Waals surface area contributed by atoms with Crippen molar-refractivity contribution in [2.75, 3.05) is 20.3 Å². The molecule has 2 aromatic carbocycles. The van der Waals surface area contributed by atoms with Gasteiger partial charge in [-0.2, -0.15) is 0 Å². The lowest BCUT2D eigenvalue weighted by Gasteiger charge is -2.10. The van der Waals surface area contributed by atoms with E-state index in [0.717, 1.165) is 5.56 Å². The van der Waals surface area contributed by atoms with Gasteiger partial charge in [-0.25, -0.2) is 17.9 Å². The minimum Gasteiger partial charge on any atom is -0.492 e. The van der Waals surface area contributed by atoms with Crippen molar-refractivity contribution in [2.45, 2.75) is 11.8 Å². The molecule has 1 N–H and O–H groups in total. The molecule has 134 valence electrons. The summed E-state index contributed by atoms with van der Waals surface area (Å²) >= 11 is 6.00. The van der Waals surface area contributed by atoms with Crippen LogP contribution in [0.1, 0.15) is 15.9 Å². The molecule has 25 heavy (non-hydrogen) atoms. The molecule has 2 aromatic rings. The van der Waals surface area contributed by atoms with E-state index in [0.29, 0.717) is 10.8 Å². The molecule has 0 aliphatic carbocycles. The smallest absolute Gasteiger partial charge is 0.337 e. The summed E-state index contributed by atoms with van der Waals surface area (Å²) in [5.74, 6) is -0.0425. The Balaban J connectivity index is 1.95. The molecule has 0 heterocycles. The second-order valence-corrected chi connectivity index (χ2v) is 7.35. The number of carbonyl (C=O) groups excluding carboxylic acids is 1. The first-order valence-electron chi connectivity index (χ1n) is 7.40. The molecule has 0 atom stereocenters. The SMILES string of the molecule is COC(=O)c1cccc(S(=O)(=O)NCCOc2ccc(C)c(Cl)c2)c1. The van der Waals surface area contributed by atoms with E-state index in [1.807, 2.05) is 13.0 Å². The van der Waals surface area contributed by atoms with Gasteiger partial charge in [0, 0.05) is 11.6 Å². The fraction of sp³-hybridized carbons (Fsp3) is 0.235. The molecule has 0 radical (unpaired) electrons. The number of ether oxygens (including phenoxy) is 2. The summed E-state index contributed by atoms with van der Waals surface area (Å²) in [7, 11) is -2.53. The van der Waals surface area contributed by atoms with E-state index >= 15 is 0 Å². The van der Waals surface area contributed by atoms with Crippen LogP contribution in [0.2, 0.25) is 5.02 Å². The highest BCUT2D eigenvalue weighted by atomic mass is 35.5. The molecule has 0 aliphatic heterocycles. The number of esters is 1. The number of benzene rings is 2. The van der Waals surface area contributed by atoms with Crippen LogP contribution < -0.4 is 9.46 Å². The highest BCUT2D eigenvalue weighted by molar-refractivity contribution is 7.89. The summed E-state index contributed by atoms with van der Waals surface area (Å²) in [6.07, 6.45) is 0. The van der Waals surface area contributed by atoms with Gasteiger partial charge in [0.1, 0.15) is 12.4 Å². The molecule has 0 saturated carbocycles. The zero-order chi connectivity index (χ0) is 18.4. The van der Waals surface area contributed by atoms with Crippen molar-refractivity contribution >= 4 is 27.6 Å². The summed E-state index contributed by atoms with van der Waals surface area (Å²) in [4.78, 5) is 11.5. The molecule has 2 rings (SSSR count). The van der Waals surface area contributed by atoms with Crippen LogP contribution in [0.25, 0.3) is 0 Å². The van der Waals surface area contributed by atoms with Crippen molar-refractivity contribution in [1.82, 2.24) is 4.72 Å². The Hall–Kier alpha value is -2.09. The molecule has 0 amide bonds. The first kappa shape index (κ1) is 19.2. The Kier molecular flexibility index (Phi) is 6.41. The minimum atomic E-state index is -3.76. The number of methoxy groups -OCH3 is 1. The van der Waals surface area contributed by atoms with Crippen LogP contribution in [0.3, 0.4) is 0 Å². The van der Waals surface area contributed by atoms with Crippen molar-refractivity contribution in [3.05, 3.63) is 58.6 Å². The Morgan fingerprint density at radius 2 is 1.96 bits per heavy atom. The number of aryl methyl sites for hydroxylation is 1. The molecule has 0 aliphatic rings. The standard InChI is InChI=1S/C17H18ClNO5S/c1-12-6-7-14(11-16(12)18)24-9-8-19-25(21,22)15-5-3-4-13(10-15)17(20)23-2/h3-7,10-11,19H,8-9H2,1-2H3. The molecule has 0 spiro atoms. The Labute approximate surface area is 151 Å². The van der Waals surface area contributed by atoms with Crippen LogP contribution in [0.5, 0.6) is 5.75 Å². The van der Waals surface area contributed by atoms with E-state index in [-0.39, 0.29) is 23.6 Å². The van der Waals surface area contributed by atoms with Crippen molar-refractivity contribution in [2.24, 2.45) is 0 Å². The van der Waals surface area contributed by atoms with E-state index in [1.165, 1.54) is 31.4 Å². The predicted octanol–water partition coefficient (Wildman–Crippen LogP) is 2.79. The average Bonchev–Trinajstić information content (AvgIpc) is 2.61. The number of sulfonamides is 1. The first-order valence-corrected chi connectivity index (χ1v) is 9.26. The lowest BCUT2D eigenvalue weighted by Crippen LogP contribution is -2.28. The third-order valence-electron chi connectivity index (χ3n) is 3.37. The summed E-state index contributed by atoms with van der Waals surface area (Å²) in [5.41, 5.74) is 1.09. The highest BCUT2D eigenvalue weighted by Crippen LogP contribution is 2.21. The number of nitrogens with one attached hydrogen (secondary N) is 1. The molecule has 8 heteroatoms. The zero-order valence-electron chi connectivity index (χ0n) is 13.8. The number of carbonyl (C=O) groups is 1. The monoisotopic (exact) mass is 383 g/mol. The van der Waals surface area contributed by atoms with E-state index < -0.39 is 16.0 Å². The first-order chi connectivity index (χ1) is 11.8. The largest absolute Gasteiger partial charge is 0.492 e. The highest BCUT2D eigenvalue weighted by Gasteiger charge is 2.16. The van der Waals surface area contributed by atoms with Crippen LogP contribution in [-0.4, -0.2) is 34.6 Å². The number of halogens is 1. The van der Waals surface area contributed by atoms with Gasteiger partial charge in [0.15, 0.2) is 0 Å². The molecular formula is C17H18ClNO5S. The predicted molar refractivity (Wildman–Crippen MR) is 94.7 cm³/mol. The van der Waals surface area contributed by atoms with Crippen LogP contribution in [0.15, 0.2) is 47.4 Å². The second-order valence-electron chi connectivity index (χ2n) is 5.18. The molecule has 6 nitrogen and oxygen atoms in total. The Bertz CT molecular complexity index is 867. The van der Waals surface area contributed by atoms with Gasteiger partial charge in [-0.1, -0.05) is 23.7 Å². The molecular weight excluding hydrogens is 366 g/mol. The maximum atomic E-state index is 12.3. The number of rotatable bonds is 7. The van der Waals surface area contributed by atoms with Gasteiger partial charge >= 0.3 is 5.97 Å². The van der Waals surface area contributed by atoms with E-state index in [4.69, 9.17) is 16.3 Å². The van der Waals surface area contributed by atoms with Crippen LogP contribution >= 0.6 is 11.6 Å². The Morgan fingerprint density at radius 1 is 1.20 bits per heavy atom. The number of hydrogen-bond donors (Lipinski definition) is 1. The van der Waals surface area contributed by atoms with Gasteiger partial charge in [0.05, 0.1) is 17.6 Å². The minimum absolute atomic E-state index is 0.0196. The van der Waals surface area contributed by atoms with Crippen LogP contribution in [-0.2, 0) is 14.8 Å². The molecule has 0 unspecified atom stereocenters. The van der Waals surface area contributed by atoms with Gasteiger partial charge in [-0.15, -0.1) is 0 Å². The fourth-order valence-electron chi connectivity index (χ4n) is 2.00. The van der Waals surface area contributed by atoms with Gasteiger partial charge in [0.2, 0.25) is 10.0 Å². The summed E-state index contributed by atoms with van der Waals surface area (Å²) in [5, 5.41) is 0.581. The van der Waals surface area contributed by atoms with Crippen molar-refractivity contribution in [1.29, 1.82) is 0 Å². The van der Waals surface area contributed by atoms with Gasteiger partial charge in [0.25, 0.3) is 0 Å². The van der Waals surface area contributed by atoms with Crippen molar-refractivity contribution < 1.29 is 22.7 Å². The summed E-state index contributed by atoms with van der Waals surface area (Å²) < 4.78 is 37.0. The normalized spacial score (nSPS) is 11.2. The summed E-state index contributed by atoms with van der Waals surface area (Å²) in [6.45, 7) is 2.08. The summed E-state index contributed by atoms with van der Waals surface area (Å²) in [6, 6.07) is 10.9. The topological polar surface area (TPSA) is 81.7 Å². The van der Waals surface area contributed by atoms with E-state index in [1.54, 1.807) is 12.1 Å². The van der Waals surface area contributed by atoms with Crippen LogP contribution in [0, 0.1) is 6.92 Å². The van der Waals surface area contributed by atoms with Crippen molar-refractivity contribution in [3.63, 3.8) is 0 Å². The van der Waals surface area contributed by atoms with E-state index in [2.05, 4.69) is 9.46 Å². The average molecular weight is 384 g/mol. The van der Waals surface area contributed by atoms with Gasteiger partial charge < -0.3 is 9.47 Å². The Morgan fingerprint density at radius 3 is 2.64 bits per heavy atom. The van der Waals surface area contributed by atoms with Crippen LogP contribution in [0.4, 0.5) is 0 Å². The third kappa shape index (κ3) is 5.19. The number of hydrogen-bond acceptors (Lipinski definition) is 5. The second kappa shape index (κ2) is 8.33. The fourth-order valence-corrected chi connectivity index (χ4v) is 3.23. The lowest BCUT2D eigenvalue weighted by molar-refractivity contribution is 0.0600. The lowest BCUT2D eigenvalue weighted by atomic mass is 10.2. The van der Waals surface area contributed by atoms with Crippen molar-refractivity contribution in [3.8, 4) is 5.75 Å². The van der Waals surface area contributed by atoms with Gasteiger partial charge in [-0.3, -0.25) is 0 Å². The molecule has 0 bridgehead atoms. The maximum Gasteiger partial charge on any atom is 0.337 e. The maximum absolute atomic E-state index is 12.3. The third-order valence-corrected chi connectivity index (χ3v) is 5.24. The molecule has 0 saturated heterocycles. The quantitative estimate of drug-likeness (QED) is 0.587. The molecule has 0 fully saturated rings. The van der Waals surface area contributed by atoms with E-state index in [9.17, 15) is 13.2 Å².